The van der Waals surface area contributed by atoms with Gasteiger partial charge in [-0.1, -0.05) is 41.9 Å². The monoisotopic (exact) mass is 404 g/mol. The lowest BCUT2D eigenvalue weighted by atomic mass is 10.2. The number of piperazine rings is 1. The molecule has 6 heteroatoms. The third kappa shape index (κ3) is 7.41. The molecular weight excluding hydrogens is 376 g/mol. The molecule has 1 fully saturated rings. The minimum atomic E-state index is -0.476. The van der Waals surface area contributed by atoms with Gasteiger partial charge in [-0.15, -0.1) is 0 Å². The first-order valence-electron chi connectivity index (χ1n) is 9.82. The van der Waals surface area contributed by atoms with Crippen molar-refractivity contribution >= 4 is 11.6 Å². The Morgan fingerprint density at radius 2 is 1.57 bits per heavy atom. The first kappa shape index (κ1) is 21.1. The fraction of sp³-hybridized carbons (Fsp3) is 0.455. The summed E-state index contributed by atoms with van der Waals surface area (Å²) in [5.41, 5.74) is 1.35. The topological polar surface area (TPSA) is 45.2 Å². The maximum absolute atomic E-state index is 10.2. The van der Waals surface area contributed by atoms with Crippen molar-refractivity contribution in [2.24, 2.45) is 0 Å². The van der Waals surface area contributed by atoms with E-state index in [0.717, 1.165) is 38.5 Å². The maximum atomic E-state index is 10.2. The molecule has 0 bridgehead atoms. The van der Waals surface area contributed by atoms with Crippen molar-refractivity contribution in [3.8, 4) is 5.75 Å². The molecule has 0 aromatic heterocycles. The van der Waals surface area contributed by atoms with Gasteiger partial charge in [-0.25, -0.2) is 0 Å². The Morgan fingerprint density at radius 3 is 2.29 bits per heavy atom. The van der Waals surface area contributed by atoms with Crippen LogP contribution in [-0.4, -0.2) is 73.6 Å². The van der Waals surface area contributed by atoms with Crippen LogP contribution in [0, 0.1) is 0 Å². The normalized spacial score (nSPS) is 16.8. The van der Waals surface area contributed by atoms with Gasteiger partial charge in [0.25, 0.3) is 0 Å². The number of hydrogen-bond acceptors (Lipinski definition) is 5. The van der Waals surface area contributed by atoms with Crippen LogP contribution in [0.3, 0.4) is 0 Å². The summed E-state index contributed by atoms with van der Waals surface area (Å²) in [4.78, 5) is 4.77. The van der Waals surface area contributed by atoms with Crippen LogP contribution in [0.4, 0.5) is 0 Å². The number of rotatable bonds is 10. The average Bonchev–Trinajstić information content (AvgIpc) is 2.71. The Balaban J connectivity index is 1.24. The quantitative estimate of drug-likeness (QED) is 0.617. The van der Waals surface area contributed by atoms with E-state index in [-0.39, 0.29) is 0 Å². The lowest BCUT2D eigenvalue weighted by molar-refractivity contribution is -0.000435. The Bertz CT molecular complexity index is 676. The molecule has 3 rings (SSSR count). The molecule has 1 N–H and O–H groups in total. The Hall–Kier alpha value is -1.63. The molecule has 1 heterocycles. The fourth-order valence-corrected chi connectivity index (χ4v) is 3.42. The van der Waals surface area contributed by atoms with E-state index in [1.165, 1.54) is 5.56 Å². The summed E-state index contributed by atoms with van der Waals surface area (Å²) in [6.45, 7) is 6.87. The van der Waals surface area contributed by atoms with Crippen LogP contribution < -0.4 is 4.74 Å². The fourth-order valence-electron chi connectivity index (χ4n) is 3.29. The molecule has 0 unspecified atom stereocenters. The Kier molecular flexibility index (Phi) is 8.58. The highest BCUT2D eigenvalue weighted by molar-refractivity contribution is 6.30. The predicted octanol–water partition coefficient (Wildman–Crippen LogP) is 2.91. The van der Waals surface area contributed by atoms with Crippen molar-refractivity contribution in [3.05, 3.63) is 65.2 Å². The third-order valence-electron chi connectivity index (χ3n) is 4.80. The van der Waals surface area contributed by atoms with Gasteiger partial charge in [0.15, 0.2) is 0 Å². The highest BCUT2D eigenvalue weighted by Gasteiger charge is 2.19. The zero-order chi connectivity index (χ0) is 19.6. The van der Waals surface area contributed by atoms with Crippen LogP contribution in [0.1, 0.15) is 5.56 Å². The summed E-state index contributed by atoms with van der Waals surface area (Å²) in [6.07, 6.45) is -0.476. The Morgan fingerprint density at radius 1 is 0.893 bits per heavy atom. The van der Waals surface area contributed by atoms with Crippen LogP contribution >= 0.6 is 11.6 Å². The second-order valence-corrected chi connectivity index (χ2v) is 7.53. The first-order valence-corrected chi connectivity index (χ1v) is 10.2. The number of nitrogens with zero attached hydrogens (tertiary/aromatic N) is 2. The number of halogens is 1. The van der Waals surface area contributed by atoms with Crippen LogP contribution in [0.15, 0.2) is 54.6 Å². The average molecular weight is 405 g/mol. The van der Waals surface area contributed by atoms with Gasteiger partial charge in [0, 0.05) is 44.3 Å². The lowest BCUT2D eigenvalue weighted by Gasteiger charge is -2.35. The van der Waals surface area contributed by atoms with E-state index in [0.29, 0.717) is 31.4 Å². The van der Waals surface area contributed by atoms with E-state index in [9.17, 15) is 5.11 Å². The number of β-amino-alcohol motifs (C(OH)–C–C–N with tert-alkyl or cyclic N) is 1. The number of ether oxygens (including phenoxy) is 2. The smallest absolute Gasteiger partial charge is 0.119 e. The summed E-state index contributed by atoms with van der Waals surface area (Å²) < 4.78 is 11.1. The summed E-state index contributed by atoms with van der Waals surface area (Å²) in [5, 5.41) is 10.9. The molecule has 0 amide bonds. The minimum Gasteiger partial charge on any atom is -0.491 e. The van der Waals surface area contributed by atoms with E-state index in [1.54, 1.807) is 12.1 Å². The van der Waals surface area contributed by atoms with Gasteiger partial charge in [0.05, 0.1) is 19.3 Å². The molecule has 152 valence electrons. The van der Waals surface area contributed by atoms with Crippen LogP contribution in [0.5, 0.6) is 5.75 Å². The van der Waals surface area contributed by atoms with E-state index in [1.807, 2.05) is 12.1 Å². The van der Waals surface area contributed by atoms with Gasteiger partial charge in [-0.05, 0) is 29.8 Å². The summed E-state index contributed by atoms with van der Waals surface area (Å²) in [5.74, 6) is 0.766. The molecule has 1 saturated heterocycles. The van der Waals surface area contributed by atoms with Gasteiger partial charge < -0.3 is 14.6 Å². The van der Waals surface area contributed by atoms with Crippen molar-refractivity contribution in [1.82, 2.24) is 9.80 Å². The second kappa shape index (κ2) is 11.4. The van der Waals surface area contributed by atoms with Crippen LogP contribution in [0.2, 0.25) is 5.02 Å². The Labute approximate surface area is 172 Å². The summed E-state index contributed by atoms with van der Waals surface area (Å²) >= 11 is 5.84. The molecule has 1 aliphatic rings. The van der Waals surface area contributed by atoms with E-state index >= 15 is 0 Å². The predicted molar refractivity (Wildman–Crippen MR) is 112 cm³/mol. The minimum absolute atomic E-state index is 0.328. The van der Waals surface area contributed by atoms with Gasteiger partial charge in [-0.2, -0.15) is 0 Å². The number of aliphatic hydroxyl groups excluding tert-OH is 1. The molecule has 2 aromatic rings. The van der Waals surface area contributed by atoms with Crippen LogP contribution in [-0.2, 0) is 11.3 Å². The molecule has 28 heavy (non-hydrogen) atoms. The molecule has 0 spiro atoms. The van der Waals surface area contributed by atoms with Crippen molar-refractivity contribution in [1.29, 1.82) is 0 Å². The molecule has 1 aliphatic heterocycles. The van der Waals surface area contributed by atoms with Crippen molar-refractivity contribution in [2.45, 2.75) is 12.6 Å². The SMILES string of the molecule is O[C@@H](COCCOc1ccc(Cl)cc1)CN1CCN(Cc2ccccc2)CC1. The van der Waals surface area contributed by atoms with Gasteiger partial charge in [0.2, 0.25) is 0 Å². The molecule has 2 aromatic carbocycles. The van der Waals surface area contributed by atoms with Crippen molar-refractivity contribution in [2.75, 3.05) is 52.5 Å². The molecule has 5 nitrogen and oxygen atoms in total. The number of benzene rings is 2. The standard InChI is InChI=1S/C22H29ClN2O3/c23-20-6-8-22(9-7-20)28-15-14-27-18-21(26)17-25-12-10-24(11-13-25)16-19-4-2-1-3-5-19/h1-9,21,26H,10-18H2/t21-/m1/s1. The zero-order valence-electron chi connectivity index (χ0n) is 16.2. The second-order valence-electron chi connectivity index (χ2n) is 7.09. The third-order valence-corrected chi connectivity index (χ3v) is 5.06. The molecule has 0 aliphatic carbocycles. The van der Waals surface area contributed by atoms with E-state index in [2.05, 4.69) is 40.1 Å². The zero-order valence-corrected chi connectivity index (χ0v) is 16.9. The molecule has 0 saturated carbocycles. The molecule has 0 radical (unpaired) electrons. The molecular formula is C22H29ClN2O3. The van der Waals surface area contributed by atoms with Gasteiger partial charge in [0.1, 0.15) is 12.4 Å². The lowest BCUT2D eigenvalue weighted by Crippen LogP contribution is -2.48. The highest BCUT2D eigenvalue weighted by atomic mass is 35.5. The van der Waals surface area contributed by atoms with E-state index < -0.39 is 6.10 Å². The summed E-state index contributed by atoms with van der Waals surface area (Å²) in [6, 6.07) is 17.8. The number of hydrogen-bond donors (Lipinski definition) is 1. The van der Waals surface area contributed by atoms with Gasteiger partial charge >= 0.3 is 0 Å². The van der Waals surface area contributed by atoms with E-state index in [4.69, 9.17) is 21.1 Å². The largest absolute Gasteiger partial charge is 0.491 e. The van der Waals surface area contributed by atoms with Crippen molar-refractivity contribution < 1.29 is 14.6 Å². The number of aliphatic hydroxyl groups is 1. The maximum Gasteiger partial charge on any atom is 0.119 e. The first-order chi connectivity index (χ1) is 13.7. The molecule has 1 atom stereocenters. The van der Waals surface area contributed by atoms with Crippen LogP contribution in [0.25, 0.3) is 0 Å². The van der Waals surface area contributed by atoms with Gasteiger partial charge in [-0.3, -0.25) is 9.80 Å². The van der Waals surface area contributed by atoms with Crippen molar-refractivity contribution in [3.63, 3.8) is 0 Å². The summed E-state index contributed by atoms with van der Waals surface area (Å²) in [7, 11) is 0. The highest BCUT2D eigenvalue weighted by Crippen LogP contribution is 2.15.